The summed E-state index contributed by atoms with van der Waals surface area (Å²) in [5.74, 6) is 1.57. The number of carbonyl (C=O) groups is 1. The van der Waals surface area contributed by atoms with Gasteiger partial charge in [-0.15, -0.1) is 0 Å². The van der Waals surface area contributed by atoms with Gasteiger partial charge in [0.15, 0.2) is 11.5 Å². The number of benzene rings is 2. The smallest absolute Gasteiger partial charge is 0.317 e. The lowest BCUT2D eigenvalue weighted by Gasteiger charge is -2.41. The Labute approximate surface area is 141 Å². The highest BCUT2D eigenvalue weighted by atomic mass is 16.7. The minimum atomic E-state index is 0.0100. The number of carbonyl (C=O) groups excluding carboxylic acids is 1. The highest BCUT2D eigenvalue weighted by Crippen LogP contribution is 2.33. The monoisotopic (exact) mass is 324 g/mol. The number of fused-ring (bicyclic) bond motifs is 1. The maximum Gasteiger partial charge on any atom is 0.317 e. The van der Waals surface area contributed by atoms with E-state index in [-0.39, 0.29) is 18.9 Å². The van der Waals surface area contributed by atoms with Crippen molar-refractivity contribution in [3.63, 3.8) is 0 Å². The molecule has 5 nitrogen and oxygen atoms in total. The van der Waals surface area contributed by atoms with Crippen molar-refractivity contribution in [2.45, 2.75) is 18.9 Å². The predicted molar refractivity (Wildman–Crippen MR) is 90.2 cm³/mol. The third kappa shape index (κ3) is 2.89. The largest absolute Gasteiger partial charge is 0.454 e. The Morgan fingerprint density at radius 1 is 1.12 bits per heavy atom. The minimum Gasteiger partial charge on any atom is -0.454 e. The number of hydrogen-bond acceptors (Lipinski definition) is 3. The topological polar surface area (TPSA) is 50.8 Å². The van der Waals surface area contributed by atoms with Crippen molar-refractivity contribution in [3.8, 4) is 11.5 Å². The number of ether oxygens (including phenoxy) is 2. The number of rotatable bonds is 4. The Balaban J connectivity index is 1.29. The molecule has 5 heteroatoms. The molecule has 2 aromatic carbocycles. The summed E-state index contributed by atoms with van der Waals surface area (Å²) in [4.78, 5) is 14.3. The summed E-state index contributed by atoms with van der Waals surface area (Å²) >= 11 is 0. The summed E-state index contributed by atoms with van der Waals surface area (Å²) in [6, 6.07) is 16.3. The molecule has 0 radical (unpaired) electrons. The average molecular weight is 324 g/mol. The van der Waals surface area contributed by atoms with Gasteiger partial charge in [0.25, 0.3) is 0 Å². The van der Waals surface area contributed by atoms with Gasteiger partial charge in [-0.3, -0.25) is 0 Å². The predicted octanol–water partition coefficient (Wildman–Crippen LogP) is 3.11. The Morgan fingerprint density at radius 2 is 1.96 bits per heavy atom. The molecule has 24 heavy (non-hydrogen) atoms. The molecule has 2 amide bonds. The van der Waals surface area contributed by atoms with E-state index in [0.29, 0.717) is 6.54 Å². The lowest BCUT2D eigenvalue weighted by Crippen LogP contribution is -2.50. The van der Waals surface area contributed by atoms with Crippen molar-refractivity contribution in [1.29, 1.82) is 0 Å². The summed E-state index contributed by atoms with van der Waals surface area (Å²) in [5.41, 5.74) is 2.33. The summed E-state index contributed by atoms with van der Waals surface area (Å²) in [5, 5.41) is 3.02. The Bertz CT molecular complexity index is 733. The van der Waals surface area contributed by atoms with Crippen LogP contribution >= 0.6 is 0 Å². The van der Waals surface area contributed by atoms with Crippen molar-refractivity contribution >= 4 is 6.03 Å². The van der Waals surface area contributed by atoms with E-state index in [1.165, 1.54) is 5.56 Å². The second-order valence-electron chi connectivity index (χ2n) is 6.08. The van der Waals surface area contributed by atoms with Crippen LogP contribution in [0.2, 0.25) is 0 Å². The van der Waals surface area contributed by atoms with Gasteiger partial charge in [-0.1, -0.05) is 36.4 Å². The van der Waals surface area contributed by atoms with E-state index in [4.69, 9.17) is 9.47 Å². The molecular weight excluding hydrogens is 304 g/mol. The quantitative estimate of drug-likeness (QED) is 0.940. The number of likely N-dealkylation sites (tertiary alicyclic amines) is 1. The van der Waals surface area contributed by atoms with Gasteiger partial charge in [0.2, 0.25) is 6.79 Å². The van der Waals surface area contributed by atoms with Gasteiger partial charge in [-0.25, -0.2) is 4.79 Å². The summed E-state index contributed by atoms with van der Waals surface area (Å²) in [6.07, 6.45) is 1.80. The summed E-state index contributed by atoms with van der Waals surface area (Å²) in [7, 11) is 0. The van der Waals surface area contributed by atoms with Crippen molar-refractivity contribution in [3.05, 3.63) is 59.7 Å². The van der Waals surface area contributed by atoms with E-state index >= 15 is 0 Å². The molecule has 0 unspecified atom stereocenters. The average Bonchev–Trinajstić information content (AvgIpc) is 3.02. The molecule has 0 bridgehead atoms. The van der Waals surface area contributed by atoms with Crippen LogP contribution in [0.1, 0.15) is 23.6 Å². The molecule has 0 aromatic heterocycles. The van der Waals surface area contributed by atoms with Gasteiger partial charge in [0.1, 0.15) is 0 Å². The molecule has 124 valence electrons. The first kappa shape index (κ1) is 14.9. The van der Waals surface area contributed by atoms with Crippen LogP contribution in [0.4, 0.5) is 4.79 Å². The molecule has 0 spiro atoms. The fourth-order valence-corrected chi connectivity index (χ4v) is 3.16. The first-order valence-electron chi connectivity index (χ1n) is 8.29. The van der Waals surface area contributed by atoms with Crippen LogP contribution < -0.4 is 14.8 Å². The van der Waals surface area contributed by atoms with E-state index in [9.17, 15) is 4.79 Å². The molecular formula is C19H20N2O3. The second kappa shape index (κ2) is 6.43. The van der Waals surface area contributed by atoms with Crippen molar-refractivity contribution in [1.82, 2.24) is 10.2 Å². The van der Waals surface area contributed by atoms with Crippen molar-refractivity contribution in [2.75, 3.05) is 19.9 Å². The number of amides is 2. The molecule has 1 N–H and O–H groups in total. The van der Waals surface area contributed by atoms with E-state index in [0.717, 1.165) is 36.4 Å². The molecule has 2 aromatic rings. The highest BCUT2D eigenvalue weighted by molar-refractivity contribution is 5.75. The van der Waals surface area contributed by atoms with Gasteiger partial charge in [0, 0.05) is 13.1 Å². The minimum absolute atomic E-state index is 0.0100. The van der Waals surface area contributed by atoms with Crippen LogP contribution in [-0.4, -0.2) is 30.8 Å². The number of nitrogens with zero attached hydrogens (tertiary/aromatic N) is 1. The number of hydrogen-bond donors (Lipinski definition) is 1. The van der Waals surface area contributed by atoms with Crippen LogP contribution in [0, 0.1) is 0 Å². The lowest BCUT2D eigenvalue weighted by atomic mass is 9.95. The SMILES string of the molecule is O=C(NCCc1ccc2c(c1)OCO2)N1CC[C@H]1c1ccccc1. The zero-order valence-electron chi connectivity index (χ0n) is 13.4. The molecule has 4 rings (SSSR count). The first-order chi connectivity index (χ1) is 11.8. The van der Waals surface area contributed by atoms with E-state index < -0.39 is 0 Å². The van der Waals surface area contributed by atoms with Crippen LogP contribution in [0.25, 0.3) is 0 Å². The zero-order valence-corrected chi connectivity index (χ0v) is 13.4. The van der Waals surface area contributed by atoms with Crippen LogP contribution in [0.3, 0.4) is 0 Å². The standard InChI is InChI=1S/C19H20N2O3/c22-19(21-11-9-16(21)15-4-2-1-3-5-15)20-10-8-14-6-7-17-18(12-14)24-13-23-17/h1-7,12,16H,8-11,13H2,(H,20,22)/t16-/m0/s1. The summed E-state index contributed by atoms with van der Waals surface area (Å²) < 4.78 is 10.7. The van der Waals surface area contributed by atoms with Crippen molar-refractivity contribution in [2.24, 2.45) is 0 Å². The van der Waals surface area contributed by atoms with E-state index in [1.54, 1.807) is 0 Å². The lowest BCUT2D eigenvalue weighted by molar-refractivity contribution is 0.115. The van der Waals surface area contributed by atoms with Gasteiger partial charge in [-0.05, 0) is 36.1 Å². The molecule has 1 fully saturated rings. The Kier molecular flexibility index (Phi) is 3.99. The van der Waals surface area contributed by atoms with Crippen LogP contribution in [0.5, 0.6) is 11.5 Å². The summed E-state index contributed by atoms with van der Waals surface area (Å²) in [6.45, 7) is 1.71. The number of urea groups is 1. The van der Waals surface area contributed by atoms with E-state index in [1.807, 2.05) is 41.3 Å². The molecule has 1 atom stereocenters. The Hall–Kier alpha value is -2.69. The molecule has 2 heterocycles. The maximum absolute atomic E-state index is 12.4. The first-order valence-corrected chi connectivity index (χ1v) is 8.29. The fraction of sp³-hybridized carbons (Fsp3) is 0.316. The number of nitrogens with one attached hydrogen (secondary N) is 1. The maximum atomic E-state index is 12.4. The van der Waals surface area contributed by atoms with E-state index in [2.05, 4.69) is 17.4 Å². The molecule has 0 saturated carbocycles. The van der Waals surface area contributed by atoms with Gasteiger partial charge >= 0.3 is 6.03 Å². The highest BCUT2D eigenvalue weighted by Gasteiger charge is 2.32. The van der Waals surface area contributed by atoms with Crippen LogP contribution in [-0.2, 0) is 6.42 Å². The molecule has 1 saturated heterocycles. The molecule has 0 aliphatic carbocycles. The molecule has 2 aliphatic rings. The second-order valence-corrected chi connectivity index (χ2v) is 6.08. The normalized spacial score (nSPS) is 18.2. The Morgan fingerprint density at radius 3 is 2.75 bits per heavy atom. The van der Waals surface area contributed by atoms with Gasteiger partial charge in [0.05, 0.1) is 6.04 Å². The van der Waals surface area contributed by atoms with Crippen molar-refractivity contribution < 1.29 is 14.3 Å². The molecule has 2 aliphatic heterocycles. The van der Waals surface area contributed by atoms with Gasteiger partial charge < -0.3 is 19.7 Å². The van der Waals surface area contributed by atoms with Crippen LogP contribution in [0.15, 0.2) is 48.5 Å². The third-order valence-corrected chi connectivity index (χ3v) is 4.59. The zero-order chi connectivity index (χ0) is 16.4. The van der Waals surface area contributed by atoms with Gasteiger partial charge in [-0.2, -0.15) is 0 Å². The third-order valence-electron chi connectivity index (χ3n) is 4.59. The fourth-order valence-electron chi connectivity index (χ4n) is 3.16.